The Morgan fingerprint density at radius 1 is 1.09 bits per heavy atom. The summed E-state index contributed by atoms with van der Waals surface area (Å²) in [5, 5.41) is 4.80. The second kappa shape index (κ2) is 11.9. The van der Waals surface area contributed by atoms with E-state index in [1.54, 1.807) is 7.11 Å². The lowest BCUT2D eigenvalue weighted by Gasteiger charge is -2.35. The highest BCUT2D eigenvalue weighted by atomic mass is 16.5. The topological polar surface area (TPSA) is 56.8 Å². The first kappa shape index (κ1) is 25.5. The quantitative estimate of drug-likeness (QED) is 0.598. The number of methoxy groups -OCH3 is 1. The van der Waals surface area contributed by atoms with Crippen molar-refractivity contribution in [2.45, 2.75) is 64.5 Å². The summed E-state index contributed by atoms with van der Waals surface area (Å²) in [6, 6.07) is 5.16. The molecule has 0 unspecified atom stereocenters. The van der Waals surface area contributed by atoms with E-state index >= 15 is 0 Å². The second-order valence-corrected chi connectivity index (χ2v) is 10.4. The number of likely N-dealkylation sites (tertiary alicyclic amines) is 1. The van der Waals surface area contributed by atoms with Gasteiger partial charge in [0, 0.05) is 56.6 Å². The fraction of sp³-hybridized carbons (Fsp3) is 0.643. The van der Waals surface area contributed by atoms with E-state index < -0.39 is 0 Å². The van der Waals surface area contributed by atoms with Crippen LogP contribution in [0.4, 0.5) is 11.8 Å². The van der Waals surface area contributed by atoms with Crippen molar-refractivity contribution in [1.82, 2.24) is 19.8 Å². The molecule has 7 nitrogen and oxygen atoms in total. The van der Waals surface area contributed by atoms with Gasteiger partial charge >= 0.3 is 0 Å². The summed E-state index contributed by atoms with van der Waals surface area (Å²) >= 11 is 0. The zero-order chi connectivity index (χ0) is 24.8. The van der Waals surface area contributed by atoms with Crippen molar-refractivity contribution in [3.63, 3.8) is 0 Å². The van der Waals surface area contributed by atoms with Gasteiger partial charge in [0.1, 0.15) is 11.6 Å². The highest BCUT2D eigenvalue weighted by molar-refractivity contribution is 5.92. The number of ether oxygens (including phenoxy) is 1. The van der Waals surface area contributed by atoms with Gasteiger partial charge < -0.3 is 24.8 Å². The van der Waals surface area contributed by atoms with Crippen LogP contribution in [0.15, 0.2) is 12.1 Å². The summed E-state index contributed by atoms with van der Waals surface area (Å²) in [5.41, 5.74) is 1.82. The maximum absolute atomic E-state index is 5.75. The molecule has 0 saturated carbocycles. The summed E-state index contributed by atoms with van der Waals surface area (Å²) in [5.74, 6) is 9.15. The van der Waals surface area contributed by atoms with Crippen LogP contribution < -0.4 is 15.0 Å². The van der Waals surface area contributed by atoms with Gasteiger partial charge in [-0.05, 0) is 72.2 Å². The molecule has 35 heavy (non-hydrogen) atoms. The number of fused-ring (bicyclic) bond motifs is 1. The first-order chi connectivity index (χ1) is 16.9. The van der Waals surface area contributed by atoms with Crippen LogP contribution in [0.2, 0.25) is 0 Å². The van der Waals surface area contributed by atoms with Crippen molar-refractivity contribution in [2.24, 2.45) is 0 Å². The molecule has 2 saturated heterocycles. The highest BCUT2D eigenvalue weighted by Crippen LogP contribution is 2.32. The van der Waals surface area contributed by atoms with Crippen molar-refractivity contribution in [3.8, 4) is 17.6 Å². The van der Waals surface area contributed by atoms with Crippen LogP contribution in [0.1, 0.15) is 57.9 Å². The molecule has 0 aliphatic carbocycles. The molecule has 1 aromatic heterocycles. The predicted octanol–water partition coefficient (Wildman–Crippen LogP) is 4.22. The fourth-order valence-corrected chi connectivity index (χ4v) is 4.95. The van der Waals surface area contributed by atoms with Crippen LogP contribution in [0.25, 0.3) is 10.9 Å². The van der Waals surface area contributed by atoms with Crippen LogP contribution in [0.3, 0.4) is 0 Å². The van der Waals surface area contributed by atoms with Gasteiger partial charge in [-0.2, -0.15) is 4.98 Å². The highest BCUT2D eigenvalue weighted by Gasteiger charge is 2.23. The van der Waals surface area contributed by atoms with Gasteiger partial charge in [0.2, 0.25) is 5.95 Å². The molecule has 0 radical (unpaired) electrons. The zero-order valence-corrected chi connectivity index (χ0v) is 22.2. The number of nitrogens with one attached hydrogen (secondary N) is 1. The van der Waals surface area contributed by atoms with Crippen LogP contribution in [0.5, 0.6) is 5.75 Å². The van der Waals surface area contributed by atoms with E-state index in [2.05, 4.69) is 71.9 Å². The Morgan fingerprint density at radius 3 is 2.49 bits per heavy atom. The van der Waals surface area contributed by atoms with Crippen molar-refractivity contribution in [2.75, 3.05) is 64.1 Å². The minimum atomic E-state index is 0.411. The average Bonchev–Trinajstić information content (AvgIpc) is 2.86. The van der Waals surface area contributed by atoms with Crippen LogP contribution in [-0.2, 0) is 0 Å². The van der Waals surface area contributed by atoms with Gasteiger partial charge in [-0.15, -0.1) is 0 Å². The van der Waals surface area contributed by atoms with Crippen molar-refractivity contribution >= 4 is 22.7 Å². The maximum atomic E-state index is 5.75. The van der Waals surface area contributed by atoms with Crippen molar-refractivity contribution in [1.29, 1.82) is 0 Å². The van der Waals surface area contributed by atoms with Crippen molar-refractivity contribution in [3.05, 3.63) is 17.7 Å². The first-order valence-corrected chi connectivity index (χ1v) is 13.2. The standard InChI is InChI=1S/C28H42N6O/c1-21(2)33-17-12-23(13-18-33)29-27-24-20-26(35-5)22(11-7-10-14-32(3)4)19-25(24)30-28(31-27)34-15-8-6-9-16-34/h19-21,23H,6,8-10,12-18H2,1-5H3,(H,29,30,31). The van der Waals surface area contributed by atoms with E-state index in [1.807, 2.05) is 0 Å². The van der Waals surface area contributed by atoms with Gasteiger partial charge in [-0.3, -0.25) is 0 Å². The van der Waals surface area contributed by atoms with E-state index in [1.165, 1.54) is 19.3 Å². The molecule has 2 aliphatic heterocycles. The third kappa shape index (κ3) is 6.56. The van der Waals surface area contributed by atoms with Crippen LogP contribution in [0, 0.1) is 11.8 Å². The Hall–Kier alpha value is -2.56. The first-order valence-electron chi connectivity index (χ1n) is 13.2. The predicted molar refractivity (Wildman–Crippen MR) is 146 cm³/mol. The van der Waals surface area contributed by atoms with E-state index in [0.29, 0.717) is 12.1 Å². The Bertz CT molecular complexity index is 1040. The number of nitrogens with zero attached hydrogens (tertiary/aromatic N) is 5. The van der Waals surface area contributed by atoms with Gasteiger partial charge in [0.05, 0.1) is 18.2 Å². The second-order valence-electron chi connectivity index (χ2n) is 10.4. The number of piperidine rings is 2. The summed E-state index contributed by atoms with van der Waals surface area (Å²) in [4.78, 5) is 17.1. The Balaban J connectivity index is 1.67. The lowest BCUT2D eigenvalue weighted by atomic mass is 10.0. The van der Waals surface area contributed by atoms with Gasteiger partial charge in [0.15, 0.2) is 0 Å². The molecule has 0 amide bonds. The molecule has 0 spiro atoms. The molecule has 1 N–H and O–H groups in total. The number of hydrogen-bond acceptors (Lipinski definition) is 7. The molecule has 1 aromatic carbocycles. The molecular formula is C28H42N6O. The third-order valence-corrected chi connectivity index (χ3v) is 7.15. The van der Waals surface area contributed by atoms with E-state index in [4.69, 9.17) is 14.7 Å². The molecule has 0 atom stereocenters. The van der Waals surface area contributed by atoms with E-state index in [-0.39, 0.29) is 0 Å². The molecule has 7 heteroatoms. The minimum Gasteiger partial charge on any atom is -0.495 e. The molecule has 190 valence electrons. The molecule has 4 rings (SSSR count). The molecule has 0 bridgehead atoms. The SMILES string of the molecule is COc1cc2c(NC3CCN(C(C)C)CC3)nc(N3CCCCC3)nc2cc1C#CCCN(C)C. The Kier molecular flexibility index (Phi) is 8.69. The number of benzene rings is 1. The van der Waals surface area contributed by atoms with E-state index in [9.17, 15) is 0 Å². The molecule has 2 fully saturated rings. The van der Waals surface area contributed by atoms with Gasteiger partial charge in [-0.1, -0.05) is 11.8 Å². The minimum absolute atomic E-state index is 0.411. The van der Waals surface area contributed by atoms with E-state index in [0.717, 1.165) is 86.0 Å². The number of rotatable bonds is 7. The lowest BCUT2D eigenvalue weighted by molar-refractivity contribution is 0.177. The van der Waals surface area contributed by atoms with Gasteiger partial charge in [-0.25, -0.2) is 4.98 Å². The normalized spacial score (nSPS) is 17.6. The number of anilines is 2. The fourth-order valence-electron chi connectivity index (χ4n) is 4.95. The largest absolute Gasteiger partial charge is 0.495 e. The summed E-state index contributed by atoms with van der Waals surface area (Å²) in [7, 11) is 5.85. The summed E-state index contributed by atoms with van der Waals surface area (Å²) in [6.07, 6.45) is 6.74. The molecular weight excluding hydrogens is 436 g/mol. The Morgan fingerprint density at radius 2 is 1.83 bits per heavy atom. The number of hydrogen-bond donors (Lipinski definition) is 1. The van der Waals surface area contributed by atoms with Gasteiger partial charge in [0.25, 0.3) is 0 Å². The van der Waals surface area contributed by atoms with Crippen molar-refractivity contribution < 1.29 is 4.74 Å². The molecule has 3 heterocycles. The van der Waals surface area contributed by atoms with Crippen LogP contribution >= 0.6 is 0 Å². The smallest absolute Gasteiger partial charge is 0.227 e. The lowest BCUT2D eigenvalue weighted by Crippen LogP contribution is -2.42. The summed E-state index contributed by atoms with van der Waals surface area (Å²) < 4.78 is 5.75. The average molecular weight is 479 g/mol. The maximum Gasteiger partial charge on any atom is 0.227 e. The third-order valence-electron chi connectivity index (χ3n) is 7.15. The summed E-state index contributed by atoms with van der Waals surface area (Å²) in [6.45, 7) is 9.78. The monoisotopic (exact) mass is 478 g/mol. The Labute approximate surface area is 211 Å². The molecule has 2 aromatic rings. The number of aromatic nitrogens is 2. The van der Waals surface area contributed by atoms with Crippen LogP contribution in [-0.4, -0.2) is 85.8 Å². The molecule has 2 aliphatic rings. The zero-order valence-electron chi connectivity index (χ0n) is 22.2.